The summed E-state index contributed by atoms with van der Waals surface area (Å²) in [5.74, 6) is -1.84. The molecule has 0 aliphatic heterocycles. The summed E-state index contributed by atoms with van der Waals surface area (Å²) in [5, 5.41) is 38.7. The van der Waals surface area contributed by atoms with Gasteiger partial charge in [-0.2, -0.15) is 21.0 Å². The van der Waals surface area contributed by atoms with E-state index < -0.39 is 18.0 Å². The molecule has 0 saturated heterocycles. The van der Waals surface area contributed by atoms with Crippen LogP contribution in [0.25, 0.3) is 12.2 Å². The molecule has 2 aromatic carbocycles. The molecule has 1 atom stereocenters. The SMILES string of the molecule is CCCCN(CC)c1ccc(C=C(C#N)C(=O)OCC(C)OC(=O)C(C#N)=Cc2ccc(N(CC)CCCC)c(C#N)c2)cc1C#N. The maximum atomic E-state index is 12.8. The summed E-state index contributed by atoms with van der Waals surface area (Å²) >= 11 is 0. The fraction of sp³-hybridized carbons (Fsp3) is 0.405. The Hall–Kier alpha value is -5.58. The topological polar surface area (TPSA) is 154 Å². The first-order chi connectivity index (χ1) is 22.7. The van der Waals surface area contributed by atoms with Crippen molar-refractivity contribution in [3.63, 3.8) is 0 Å². The minimum Gasteiger partial charge on any atom is -0.458 e. The number of carbonyl (C=O) groups excluding carboxylic acids is 2. The van der Waals surface area contributed by atoms with E-state index >= 15 is 0 Å². The van der Waals surface area contributed by atoms with Gasteiger partial charge in [0.15, 0.2) is 0 Å². The Labute approximate surface area is 278 Å². The Kier molecular flexibility index (Phi) is 15.8. The van der Waals surface area contributed by atoms with Crippen LogP contribution in [0, 0.1) is 45.3 Å². The summed E-state index contributed by atoms with van der Waals surface area (Å²) in [6.45, 7) is 12.5. The summed E-state index contributed by atoms with van der Waals surface area (Å²) < 4.78 is 10.5. The standard InChI is InChI=1S/C37H42N6O4/c1-6-10-16-42(8-3)34-14-12-28(18-30(34)22-38)20-32(24-40)36(44)46-26-27(5)47-37(45)33(25-41)21-29-13-15-35(31(19-29)23-39)43(9-4)17-11-7-2/h12-15,18-21,27H,6-11,16-17,26H2,1-5H3. The van der Waals surface area contributed by atoms with Crippen molar-refractivity contribution in [2.24, 2.45) is 0 Å². The van der Waals surface area contributed by atoms with Gasteiger partial charge < -0.3 is 19.3 Å². The number of hydrogen-bond donors (Lipinski definition) is 0. The Morgan fingerprint density at radius 3 is 1.57 bits per heavy atom. The molecule has 0 fully saturated rings. The first kappa shape index (κ1) is 37.6. The number of esters is 2. The van der Waals surface area contributed by atoms with Crippen molar-refractivity contribution >= 4 is 35.5 Å². The maximum absolute atomic E-state index is 12.8. The third-order valence-electron chi connectivity index (χ3n) is 7.35. The quantitative estimate of drug-likeness (QED) is 0.105. The molecule has 47 heavy (non-hydrogen) atoms. The van der Waals surface area contributed by atoms with Crippen molar-refractivity contribution in [3.8, 4) is 24.3 Å². The zero-order valence-electron chi connectivity index (χ0n) is 27.9. The van der Waals surface area contributed by atoms with Crippen molar-refractivity contribution in [3.05, 3.63) is 69.8 Å². The molecular weight excluding hydrogens is 592 g/mol. The van der Waals surface area contributed by atoms with E-state index in [1.807, 2.05) is 26.0 Å². The van der Waals surface area contributed by atoms with Crippen LogP contribution < -0.4 is 9.80 Å². The van der Waals surface area contributed by atoms with Gasteiger partial charge in [0.1, 0.15) is 48.1 Å². The monoisotopic (exact) mass is 634 g/mol. The van der Waals surface area contributed by atoms with Crippen LogP contribution in [-0.4, -0.2) is 50.8 Å². The van der Waals surface area contributed by atoms with Gasteiger partial charge >= 0.3 is 11.9 Å². The number of unbranched alkanes of at least 4 members (excludes halogenated alkanes) is 2. The molecule has 0 heterocycles. The highest BCUT2D eigenvalue weighted by Gasteiger charge is 2.19. The van der Waals surface area contributed by atoms with Crippen molar-refractivity contribution in [2.45, 2.75) is 66.4 Å². The van der Waals surface area contributed by atoms with Gasteiger partial charge in [0.25, 0.3) is 0 Å². The number of benzene rings is 2. The highest BCUT2D eigenvalue weighted by Crippen LogP contribution is 2.25. The lowest BCUT2D eigenvalue weighted by Crippen LogP contribution is -2.24. The molecule has 0 N–H and O–H groups in total. The summed E-state index contributed by atoms with van der Waals surface area (Å²) in [6, 6.07) is 18.3. The van der Waals surface area contributed by atoms with Crippen LogP contribution in [0.3, 0.4) is 0 Å². The maximum Gasteiger partial charge on any atom is 0.349 e. The van der Waals surface area contributed by atoms with Crippen molar-refractivity contribution in [1.29, 1.82) is 21.0 Å². The van der Waals surface area contributed by atoms with Gasteiger partial charge in [-0.1, -0.05) is 38.8 Å². The highest BCUT2D eigenvalue weighted by molar-refractivity contribution is 5.99. The van der Waals surface area contributed by atoms with Crippen molar-refractivity contribution in [2.75, 3.05) is 42.6 Å². The van der Waals surface area contributed by atoms with E-state index in [-0.39, 0.29) is 17.8 Å². The van der Waals surface area contributed by atoms with E-state index in [9.17, 15) is 30.6 Å². The third-order valence-corrected chi connectivity index (χ3v) is 7.35. The molecule has 0 aliphatic rings. The molecule has 0 amide bonds. The predicted molar refractivity (Wildman–Crippen MR) is 182 cm³/mol. The highest BCUT2D eigenvalue weighted by atomic mass is 16.6. The second-order valence-electron chi connectivity index (χ2n) is 10.8. The zero-order chi connectivity index (χ0) is 34.8. The third kappa shape index (κ3) is 11.1. The molecular formula is C37H42N6O4. The van der Waals surface area contributed by atoms with Gasteiger partial charge in [-0.3, -0.25) is 0 Å². The van der Waals surface area contributed by atoms with Crippen LogP contribution in [0.5, 0.6) is 0 Å². The van der Waals surface area contributed by atoms with Gasteiger partial charge in [0, 0.05) is 26.2 Å². The normalized spacial score (nSPS) is 11.7. The average Bonchev–Trinajstić information content (AvgIpc) is 3.09. The van der Waals surface area contributed by atoms with Gasteiger partial charge in [-0.25, -0.2) is 9.59 Å². The molecule has 0 radical (unpaired) electrons. The minimum absolute atomic E-state index is 0.288. The molecule has 0 aliphatic carbocycles. The predicted octanol–water partition coefficient (Wildman–Crippen LogP) is 6.67. The van der Waals surface area contributed by atoms with E-state index in [1.165, 1.54) is 19.1 Å². The average molecular weight is 635 g/mol. The first-order valence-corrected chi connectivity index (χ1v) is 15.9. The van der Waals surface area contributed by atoms with Gasteiger partial charge in [-0.15, -0.1) is 0 Å². The number of nitrogens with zero attached hydrogens (tertiary/aromatic N) is 6. The van der Waals surface area contributed by atoms with Crippen LogP contribution in [0.4, 0.5) is 11.4 Å². The molecule has 2 aromatic rings. The Balaban J connectivity index is 2.11. The smallest absolute Gasteiger partial charge is 0.349 e. The molecule has 10 heteroatoms. The second-order valence-corrected chi connectivity index (χ2v) is 10.8. The second kappa shape index (κ2) is 19.7. The zero-order valence-corrected chi connectivity index (χ0v) is 27.9. The lowest BCUT2D eigenvalue weighted by Gasteiger charge is -2.24. The molecule has 2 rings (SSSR count). The molecule has 0 aromatic heterocycles. The van der Waals surface area contributed by atoms with Gasteiger partial charge in [-0.05, 0) is 81.2 Å². The molecule has 0 spiro atoms. The van der Waals surface area contributed by atoms with Crippen LogP contribution >= 0.6 is 0 Å². The fourth-order valence-electron chi connectivity index (χ4n) is 4.77. The largest absolute Gasteiger partial charge is 0.458 e. The lowest BCUT2D eigenvalue weighted by atomic mass is 10.1. The molecule has 0 bridgehead atoms. The van der Waals surface area contributed by atoms with Gasteiger partial charge in [0.05, 0.1) is 22.5 Å². The summed E-state index contributed by atoms with van der Waals surface area (Å²) in [7, 11) is 0. The van der Waals surface area contributed by atoms with E-state index in [0.717, 1.165) is 63.2 Å². The van der Waals surface area contributed by atoms with Crippen LogP contribution in [-0.2, 0) is 19.1 Å². The summed E-state index contributed by atoms with van der Waals surface area (Å²) in [5.41, 5.74) is 2.84. The first-order valence-electron chi connectivity index (χ1n) is 15.9. The molecule has 0 saturated carbocycles. The molecule has 244 valence electrons. The van der Waals surface area contributed by atoms with E-state index in [1.54, 1.807) is 36.4 Å². The number of rotatable bonds is 17. The Morgan fingerprint density at radius 1 is 0.745 bits per heavy atom. The Bertz CT molecular complexity index is 1630. The van der Waals surface area contributed by atoms with E-state index in [0.29, 0.717) is 22.3 Å². The number of anilines is 2. The number of carbonyl (C=O) groups is 2. The van der Waals surface area contributed by atoms with E-state index in [2.05, 4.69) is 35.8 Å². The number of nitriles is 4. The number of ether oxygens (including phenoxy) is 2. The lowest BCUT2D eigenvalue weighted by molar-refractivity contribution is -0.152. The Morgan fingerprint density at radius 2 is 1.19 bits per heavy atom. The van der Waals surface area contributed by atoms with Gasteiger partial charge in [0.2, 0.25) is 0 Å². The van der Waals surface area contributed by atoms with Crippen LogP contribution in [0.1, 0.15) is 82.6 Å². The minimum atomic E-state index is -0.926. The summed E-state index contributed by atoms with van der Waals surface area (Å²) in [4.78, 5) is 29.7. The number of hydrogen-bond acceptors (Lipinski definition) is 10. The van der Waals surface area contributed by atoms with Crippen LogP contribution in [0.15, 0.2) is 47.5 Å². The molecule has 1 unspecified atom stereocenters. The molecule has 10 nitrogen and oxygen atoms in total. The van der Waals surface area contributed by atoms with Crippen molar-refractivity contribution in [1.82, 2.24) is 0 Å². The van der Waals surface area contributed by atoms with Crippen LogP contribution in [0.2, 0.25) is 0 Å². The van der Waals surface area contributed by atoms with E-state index in [4.69, 9.17) is 9.47 Å². The fourth-order valence-corrected chi connectivity index (χ4v) is 4.77. The van der Waals surface area contributed by atoms with Crippen molar-refractivity contribution < 1.29 is 19.1 Å². The summed E-state index contributed by atoms with van der Waals surface area (Å²) in [6.07, 6.45) is 5.78.